The second-order valence-corrected chi connectivity index (χ2v) is 44.6. The number of methoxy groups -OCH3 is 2. The number of piperazine rings is 4. The van der Waals surface area contributed by atoms with Crippen molar-refractivity contribution in [3.63, 3.8) is 0 Å². The molecule has 4 aromatic heterocycles. The maximum Gasteiger partial charge on any atom is 0.264 e. The van der Waals surface area contributed by atoms with Crippen LogP contribution < -0.4 is 38.2 Å². The van der Waals surface area contributed by atoms with E-state index in [2.05, 4.69) is 82.7 Å². The highest BCUT2D eigenvalue weighted by Crippen LogP contribution is 2.41. The Balaban J connectivity index is 0.000000123. The van der Waals surface area contributed by atoms with E-state index in [1.807, 2.05) is 143 Å². The molecule has 7 fully saturated rings. The van der Waals surface area contributed by atoms with Crippen LogP contribution in [-0.4, -0.2) is 229 Å². The van der Waals surface area contributed by atoms with Crippen LogP contribution in [-0.2, 0) is 46.6 Å². The molecule has 4 N–H and O–H groups in total. The third-order valence-electron chi connectivity index (χ3n) is 28.2. The largest absolute Gasteiger partial charge is 0.495 e. The van der Waals surface area contributed by atoms with Crippen LogP contribution in [0.15, 0.2) is 342 Å². The molecule has 750 valence electrons. The molecule has 7 aliphatic rings. The van der Waals surface area contributed by atoms with E-state index < -0.39 is 40.1 Å². The summed E-state index contributed by atoms with van der Waals surface area (Å²) in [7, 11) is -12.1. The second-order valence-electron chi connectivity index (χ2n) is 38.0. The van der Waals surface area contributed by atoms with Gasteiger partial charge in [0, 0.05) is 206 Å². The van der Waals surface area contributed by atoms with Crippen LogP contribution in [0.4, 0.5) is 34.1 Å². The Morgan fingerprint density at radius 1 is 0.315 bits per heavy atom. The first kappa shape index (κ1) is 99.8. The lowest BCUT2D eigenvalue weighted by atomic mass is 10.0. The third-order valence-corrected chi connectivity index (χ3v) is 33.8. The van der Waals surface area contributed by atoms with Crippen molar-refractivity contribution in [2.75, 3.05) is 108 Å². The summed E-state index contributed by atoms with van der Waals surface area (Å²) in [5, 5.41) is 3.00. The van der Waals surface area contributed by atoms with Crippen LogP contribution >= 0.6 is 0 Å². The summed E-state index contributed by atoms with van der Waals surface area (Å²) >= 11 is 0. The molecule has 1 aliphatic carbocycles. The number of carbonyl (C=O) groups is 4. The average Bonchev–Trinajstić information content (AvgIpc) is 1.07. The Morgan fingerprint density at radius 2 is 0.630 bits per heavy atom. The molecule has 15 aromatic rings. The average molecular weight is 2040 g/mol. The zero-order valence-electron chi connectivity index (χ0n) is 81.5. The minimum Gasteiger partial charge on any atom is -0.495 e. The van der Waals surface area contributed by atoms with Crippen LogP contribution in [0.25, 0.3) is 43.6 Å². The van der Waals surface area contributed by atoms with Crippen LogP contribution in [0, 0.1) is 5.92 Å². The maximum atomic E-state index is 13.5. The molecule has 1 saturated carbocycles. The lowest BCUT2D eigenvalue weighted by Gasteiger charge is -2.45. The molecule has 4 bridgehead atoms. The molecule has 11 aromatic carbocycles. The number of amides is 4. The number of carbonyl (C=O) groups excluding carboxylic acids is 4. The fourth-order valence-electron chi connectivity index (χ4n) is 20.9. The number of hydrogen-bond donors (Lipinski definition) is 4. The number of para-hydroxylation sites is 8. The molecule has 22 rings (SSSR count). The number of ether oxygens (including phenoxy) is 2. The van der Waals surface area contributed by atoms with Crippen molar-refractivity contribution in [2.45, 2.75) is 128 Å². The molecule has 0 radical (unpaired) electrons. The maximum absolute atomic E-state index is 13.5. The van der Waals surface area contributed by atoms with Gasteiger partial charge in [-0.3, -0.25) is 67.8 Å². The summed E-state index contributed by atoms with van der Waals surface area (Å²) in [5.41, 5.74) is 8.72. The minimum absolute atomic E-state index is 0.0103. The van der Waals surface area contributed by atoms with Gasteiger partial charge in [0.15, 0.2) is 0 Å². The van der Waals surface area contributed by atoms with Crippen molar-refractivity contribution in [3.05, 3.63) is 350 Å². The molecular formula is C112H114N16O14S4. The van der Waals surface area contributed by atoms with Gasteiger partial charge in [-0.05, 0) is 241 Å². The van der Waals surface area contributed by atoms with Crippen molar-refractivity contribution in [1.82, 2.24) is 49.3 Å². The van der Waals surface area contributed by atoms with Gasteiger partial charge in [0.25, 0.3) is 63.7 Å². The molecule has 30 nitrogen and oxygen atoms in total. The van der Waals surface area contributed by atoms with E-state index in [-0.39, 0.29) is 61.3 Å². The number of pyridine rings is 4. The molecule has 6 saturated heterocycles. The number of aromatic nitrogens is 4. The summed E-state index contributed by atoms with van der Waals surface area (Å²) in [6.45, 7) is 14.5. The van der Waals surface area contributed by atoms with Crippen LogP contribution in [0.5, 0.6) is 11.5 Å². The Labute approximate surface area is 850 Å². The number of fused-ring (bicyclic) bond motifs is 8. The number of anilines is 6. The van der Waals surface area contributed by atoms with Gasteiger partial charge in [-0.15, -0.1) is 0 Å². The summed E-state index contributed by atoms with van der Waals surface area (Å²) in [6, 6.07) is 89.0. The topological polar surface area (TPSA) is 349 Å². The lowest BCUT2D eigenvalue weighted by molar-refractivity contribution is 0.0422. The quantitative estimate of drug-likeness (QED) is 0.0436. The van der Waals surface area contributed by atoms with Gasteiger partial charge in [0.1, 0.15) is 31.1 Å². The van der Waals surface area contributed by atoms with E-state index in [1.165, 1.54) is 49.9 Å². The number of sulfonamides is 4. The Kier molecular flexibility index (Phi) is 29.5. The first-order valence-electron chi connectivity index (χ1n) is 49.0. The van der Waals surface area contributed by atoms with E-state index in [4.69, 9.17) is 9.47 Å². The van der Waals surface area contributed by atoms with Crippen LogP contribution in [0.1, 0.15) is 106 Å². The number of benzene rings is 11. The van der Waals surface area contributed by atoms with Crippen LogP contribution in [0.2, 0.25) is 0 Å². The monoisotopic (exact) mass is 2030 g/mol. The Hall–Kier alpha value is -14.9. The van der Waals surface area contributed by atoms with Gasteiger partial charge < -0.3 is 38.9 Å². The molecule has 4 amide bonds. The third kappa shape index (κ3) is 22.2. The smallest absolute Gasteiger partial charge is 0.264 e. The summed E-state index contributed by atoms with van der Waals surface area (Å²) in [5.74, 6) is 2.33. The minimum atomic E-state index is -3.87. The predicted octanol–water partition coefficient (Wildman–Crippen LogP) is 17.4. The SMILES string of the molecule is COc1ccccc1N1CCN(C(=O)c2ccc(NS(=O)(=O)c3cccc4cccnc34)cc2)C(C)C1.COc1ccccc1N1C[C@@H](C)N(C(=O)c2ccc(NS(=O)(=O)c3cccc4cccnc34)cc2)[C@@H](C)C1.O=C(c1ccc(NS(=O)(=O)c2cccc3cccnc23)cc1)N1CC2CCC(C1)N2CC1CC1.O=C(c1ccc(NS(=O)(=O)c2cccc3cccnc23)cc1)N1CC2CCC(C1)N2Cc1ccccc1. The molecule has 0 spiro atoms. The Morgan fingerprint density at radius 3 is 0.979 bits per heavy atom. The van der Waals surface area contributed by atoms with E-state index in [1.54, 1.807) is 197 Å². The summed E-state index contributed by atoms with van der Waals surface area (Å²) in [4.78, 5) is 88.0. The van der Waals surface area contributed by atoms with Gasteiger partial charge in [0.05, 0.1) is 47.7 Å². The molecule has 10 heterocycles. The standard InChI is InChI=1S/C29H30N4O4S.C29H28N4O3S.C28H28N4O4S.C26H28N4O3S/c1-20-18-32(25-10-4-5-11-26(25)37-3)19-21(2)33(20)29(34)23-13-15-24(16-14-23)31-38(35,36)27-12-6-8-22-9-7-17-30-28(22)27;34-29(32-19-25-15-16-26(20-32)33(25)18-21-6-2-1-3-7-21)23-11-13-24(14-12-23)31-37(35,36)27-10-4-8-22-9-5-17-30-28(22)27;1-20-19-31(24-9-3-4-10-25(24)36-2)17-18-32(20)28(33)22-12-14-23(15-13-22)30-37(34,35)26-11-5-7-21-8-6-16-29-27(21)26;31-26(29-16-22-12-13-23(17-29)30(22)15-18-6-7-18)20-8-10-21(11-9-20)28-34(32,33)24-5-1-3-19-4-2-14-27-25(19)24/h4-17,20-21,31H,18-19H2,1-3H3;1-14,17,25-26,31H,15-16,18-20H2;3-16,20,30H,17-19H2,1-2H3;1-5,8-11,14,18,22-23,28H,6-7,12-13,15-17H2/t20-,21+;;;. The fraction of sp³-hybridized carbons (Fsp3) is 0.268. The van der Waals surface area contributed by atoms with Crippen LogP contribution in [0.3, 0.4) is 0 Å². The van der Waals surface area contributed by atoms with Gasteiger partial charge >= 0.3 is 0 Å². The molecular weight excluding hydrogens is 1920 g/mol. The van der Waals surface area contributed by atoms with Gasteiger partial charge in [-0.25, -0.2) is 33.7 Å². The first-order chi connectivity index (χ1) is 70.6. The number of hydrogen-bond acceptors (Lipinski definition) is 22. The van der Waals surface area contributed by atoms with Crippen molar-refractivity contribution in [1.29, 1.82) is 0 Å². The molecule has 7 atom stereocenters. The normalized spacial score (nSPS) is 19.0. The van der Waals surface area contributed by atoms with Crippen molar-refractivity contribution < 1.29 is 62.3 Å². The number of nitrogens with zero attached hydrogens (tertiary/aromatic N) is 12. The van der Waals surface area contributed by atoms with Crippen molar-refractivity contribution in [2.24, 2.45) is 5.92 Å². The zero-order valence-corrected chi connectivity index (χ0v) is 84.7. The lowest BCUT2D eigenvalue weighted by Crippen LogP contribution is -2.58. The molecule has 5 unspecified atom stereocenters. The summed E-state index contributed by atoms with van der Waals surface area (Å²) < 4.78 is 126. The highest BCUT2D eigenvalue weighted by atomic mass is 32.2. The highest BCUT2D eigenvalue weighted by molar-refractivity contribution is 7.94. The first-order valence-corrected chi connectivity index (χ1v) is 54.9. The van der Waals surface area contributed by atoms with E-state index in [0.29, 0.717) is 137 Å². The summed E-state index contributed by atoms with van der Waals surface area (Å²) in [6.07, 6.45) is 13.6. The Bertz CT molecular complexity index is 7760. The molecule has 146 heavy (non-hydrogen) atoms. The zero-order chi connectivity index (χ0) is 102. The molecule has 34 heteroatoms. The predicted molar refractivity (Wildman–Crippen MR) is 569 cm³/mol. The van der Waals surface area contributed by atoms with Gasteiger partial charge in [0.2, 0.25) is 0 Å². The van der Waals surface area contributed by atoms with Gasteiger partial charge in [-0.1, -0.05) is 127 Å². The van der Waals surface area contributed by atoms with E-state index in [9.17, 15) is 52.8 Å². The van der Waals surface area contributed by atoms with E-state index in [0.717, 1.165) is 82.8 Å². The van der Waals surface area contributed by atoms with Crippen molar-refractivity contribution in [3.8, 4) is 11.5 Å². The van der Waals surface area contributed by atoms with E-state index >= 15 is 0 Å². The number of nitrogens with one attached hydrogen (secondary N) is 4. The second kappa shape index (κ2) is 43.2. The fourth-order valence-corrected chi connectivity index (χ4v) is 25.8. The number of rotatable bonds is 24. The number of likely N-dealkylation sites (tertiary alicyclic amines) is 2. The highest BCUT2D eigenvalue weighted by Gasteiger charge is 2.45. The molecule has 6 aliphatic heterocycles. The van der Waals surface area contributed by atoms with Gasteiger partial charge in [-0.2, -0.15) is 0 Å². The van der Waals surface area contributed by atoms with Crippen molar-refractivity contribution >= 4 is 141 Å².